The Morgan fingerprint density at radius 2 is 2.07 bits per heavy atom. The minimum Gasteiger partial charge on any atom is -0.313 e. The van der Waals surface area contributed by atoms with E-state index in [1.165, 1.54) is 29.6 Å². The first kappa shape index (κ1) is 21.4. The predicted octanol–water partition coefficient (Wildman–Crippen LogP) is 4.69. The van der Waals surface area contributed by atoms with Crippen molar-refractivity contribution in [2.24, 2.45) is 11.8 Å². The van der Waals surface area contributed by atoms with E-state index < -0.39 is 17.6 Å². The average Bonchev–Trinajstić information content (AvgIpc) is 2.59. The molecule has 0 aromatic heterocycles. The minimum absolute atomic E-state index is 0.0731. The second-order valence-corrected chi connectivity index (χ2v) is 7.49. The van der Waals surface area contributed by atoms with Crippen molar-refractivity contribution in [1.82, 2.24) is 10.8 Å². The lowest BCUT2D eigenvalue weighted by molar-refractivity contribution is -0.138. The molecule has 1 amide bonds. The van der Waals surface area contributed by atoms with Gasteiger partial charge in [-0.15, -0.1) is 0 Å². The van der Waals surface area contributed by atoms with Gasteiger partial charge in [0.2, 0.25) is 0 Å². The SMILES string of the molecule is C=C1CC(C)CC(CCCNCc2ccc(C(=O)NO)cc2C(F)(F)F)C1. The molecule has 0 radical (unpaired) electrons. The van der Waals surface area contributed by atoms with E-state index in [9.17, 15) is 18.0 Å². The van der Waals surface area contributed by atoms with Crippen LogP contribution < -0.4 is 10.8 Å². The molecule has 2 atom stereocenters. The molecule has 1 fully saturated rings. The molecule has 1 aliphatic carbocycles. The Morgan fingerprint density at radius 3 is 2.70 bits per heavy atom. The van der Waals surface area contributed by atoms with Gasteiger partial charge in [0, 0.05) is 12.1 Å². The summed E-state index contributed by atoms with van der Waals surface area (Å²) < 4.78 is 39.8. The molecule has 7 heteroatoms. The zero-order valence-electron chi connectivity index (χ0n) is 15.5. The van der Waals surface area contributed by atoms with Crippen molar-refractivity contribution in [3.63, 3.8) is 0 Å². The summed E-state index contributed by atoms with van der Waals surface area (Å²) in [6.07, 6.45) is 0.707. The number of allylic oxidation sites excluding steroid dienone is 1. The van der Waals surface area contributed by atoms with Crippen LogP contribution >= 0.6 is 0 Å². The summed E-state index contributed by atoms with van der Waals surface area (Å²) in [5, 5.41) is 11.7. The van der Waals surface area contributed by atoms with Crippen molar-refractivity contribution in [3.05, 3.63) is 47.0 Å². The van der Waals surface area contributed by atoms with Crippen molar-refractivity contribution in [1.29, 1.82) is 0 Å². The first-order valence-electron chi connectivity index (χ1n) is 9.22. The first-order chi connectivity index (χ1) is 12.7. The molecule has 1 saturated carbocycles. The summed E-state index contributed by atoms with van der Waals surface area (Å²) in [7, 11) is 0. The molecule has 0 bridgehead atoms. The predicted molar refractivity (Wildman–Crippen MR) is 97.3 cm³/mol. The summed E-state index contributed by atoms with van der Waals surface area (Å²) in [5.74, 6) is 0.307. The average molecular weight is 384 g/mol. The quantitative estimate of drug-likeness (QED) is 0.277. The maximum atomic E-state index is 13.3. The number of amides is 1. The molecular formula is C20H27F3N2O2. The van der Waals surface area contributed by atoms with E-state index in [0.717, 1.165) is 31.7 Å². The van der Waals surface area contributed by atoms with E-state index in [4.69, 9.17) is 5.21 Å². The molecule has 1 aliphatic rings. The van der Waals surface area contributed by atoms with Gasteiger partial charge in [0.25, 0.3) is 5.91 Å². The summed E-state index contributed by atoms with van der Waals surface area (Å²) in [5.41, 5.74) is 1.63. The Balaban J connectivity index is 1.88. The number of carbonyl (C=O) groups is 1. The molecule has 0 heterocycles. The second-order valence-electron chi connectivity index (χ2n) is 7.49. The lowest BCUT2D eigenvalue weighted by Crippen LogP contribution is -2.22. The van der Waals surface area contributed by atoms with Crippen LogP contribution in [0.4, 0.5) is 13.2 Å². The summed E-state index contributed by atoms with van der Waals surface area (Å²) >= 11 is 0. The number of benzene rings is 1. The molecule has 2 unspecified atom stereocenters. The lowest BCUT2D eigenvalue weighted by Gasteiger charge is -2.28. The maximum absolute atomic E-state index is 13.3. The number of carbonyl (C=O) groups excluding carboxylic acids is 1. The molecule has 0 aliphatic heterocycles. The Hall–Kier alpha value is -1.86. The van der Waals surface area contributed by atoms with Gasteiger partial charge in [-0.25, -0.2) is 5.48 Å². The number of hydroxylamine groups is 1. The number of nitrogens with one attached hydrogen (secondary N) is 2. The number of hydrogen-bond acceptors (Lipinski definition) is 3. The number of halogens is 3. The number of rotatable bonds is 7. The third-order valence-electron chi connectivity index (χ3n) is 5.01. The molecule has 0 spiro atoms. The highest BCUT2D eigenvalue weighted by molar-refractivity contribution is 5.93. The highest BCUT2D eigenvalue weighted by Gasteiger charge is 2.34. The fourth-order valence-electron chi connectivity index (χ4n) is 3.88. The van der Waals surface area contributed by atoms with Crippen LogP contribution in [0.2, 0.25) is 0 Å². The summed E-state index contributed by atoms with van der Waals surface area (Å²) in [6.45, 7) is 7.03. The minimum atomic E-state index is -4.57. The van der Waals surface area contributed by atoms with E-state index in [2.05, 4.69) is 18.8 Å². The van der Waals surface area contributed by atoms with Crippen LogP contribution in [0.3, 0.4) is 0 Å². The Morgan fingerprint density at radius 1 is 1.33 bits per heavy atom. The monoisotopic (exact) mass is 384 g/mol. The van der Waals surface area contributed by atoms with Gasteiger partial charge in [0.15, 0.2) is 0 Å². The molecule has 1 aromatic rings. The van der Waals surface area contributed by atoms with Crippen LogP contribution in [-0.4, -0.2) is 17.7 Å². The highest BCUT2D eigenvalue weighted by Crippen LogP contribution is 2.34. The van der Waals surface area contributed by atoms with E-state index in [-0.39, 0.29) is 17.7 Å². The maximum Gasteiger partial charge on any atom is 0.416 e. The molecule has 1 aromatic carbocycles. The second kappa shape index (κ2) is 9.37. The molecule has 150 valence electrons. The molecule has 0 saturated heterocycles. The topological polar surface area (TPSA) is 61.4 Å². The molecule has 3 N–H and O–H groups in total. The van der Waals surface area contributed by atoms with Crippen LogP contribution in [0.5, 0.6) is 0 Å². The van der Waals surface area contributed by atoms with Crippen molar-refractivity contribution >= 4 is 5.91 Å². The smallest absolute Gasteiger partial charge is 0.313 e. The number of alkyl halides is 3. The van der Waals surface area contributed by atoms with Gasteiger partial charge < -0.3 is 5.32 Å². The van der Waals surface area contributed by atoms with Gasteiger partial charge in [0.1, 0.15) is 0 Å². The Labute approximate surface area is 157 Å². The van der Waals surface area contributed by atoms with Gasteiger partial charge in [-0.1, -0.05) is 25.1 Å². The van der Waals surface area contributed by atoms with Gasteiger partial charge in [-0.3, -0.25) is 10.0 Å². The van der Waals surface area contributed by atoms with Gasteiger partial charge in [-0.2, -0.15) is 13.2 Å². The van der Waals surface area contributed by atoms with Crippen molar-refractivity contribution < 1.29 is 23.2 Å². The first-order valence-corrected chi connectivity index (χ1v) is 9.22. The largest absolute Gasteiger partial charge is 0.416 e. The normalized spacial score (nSPS) is 20.6. The van der Waals surface area contributed by atoms with Crippen molar-refractivity contribution in [3.8, 4) is 0 Å². The zero-order valence-corrected chi connectivity index (χ0v) is 15.5. The van der Waals surface area contributed by atoms with Crippen LogP contribution in [0.25, 0.3) is 0 Å². The van der Waals surface area contributed by atoms with Gasteiger partial charge in [0.05, 0.1) is 5.56 Å². The van der Waals surface area contributed by atoms with E-state index >= 15 is 0 Å². The van der Waals surface area contributed by atoms with Crippen LogP contribution in [0, 0.1) is 11.8 Å². The van der Waals surface area contributed by atoms with Crippen molar-refractivity contribution in [2.75, 3.05) is 6.54 Å². The van der Waals surface area contributed by atoms with Crippen LogP contribution in [-0.2, 0) is 12.7 Å². The summed E-state index contributed by atoms with van der Waals surface area (Å²) in [6, 6.07) is 3.30. The molecule has 4 nitrogen and oxygen atoms in total. The van der Waals surface area contributed by atoms with Crippen LogP contribution in [0.15, 0.2) is 30.4 Å². The fraction of sp³-hybridized carbons (Fsp3) is 0.550. The van der Waals surface area contributed by atoms with Crippen molar-refractivity contribution in [2.45, 2.75) is 51.7 Å². The fourth-order valence-corrected chi connectivity index (χ4v) is 3.88. The summed E-state index contributed by atoms with van der Waals surface area (Å²) in [4.78, 5) is 11.3. The third-order valence-corrected chi connectivity index (χ3v) is 5.01. The van der Waals surface area contributed by atoms with Gasteiger partial charge in [-0.05, 0) is 68.2 Å². The molecular weight excluding hydrogens is 357 g/mol. The Kier molecular flexibility index (Phi) is 7.44. The van der Waals surface area contributed by atoms with E-state index in [0.29, 0.717) is 18.4 Å². The van der Waals surface area contributed by atoms with Gasteiger partial charge >= 0.3 is 6.18 Å². The van der Waals surface area contributed by atoms with E-state index in [1.54, 1.807) is 0 Å². The third kappa shape index (κ3) is 6.36. The van der Waals surface area contributed by atoms with Crippen LogP contribution in [0.1, 0.15) is 60.5 Å². The zero-order chi connectivity index (χ0) is 20.0. The number of hydrogen-bond donors (Lipinski definition) is 3. The lowest BCUT2D eigenvalue weighted by atomic mass is 9.78. The Bertz CT molecular complexity index is 674. The standard InChI is InChI=1S/C20H27F3N2O2/c1-13-8-14(2)10-15(9-13)4-3-7-24-12-17-6-5-16(19(26)25-27)11-18(17)20(21,22)23/h5-6,11,14-15,24,27H,1,3-4,7-10,12H2,2H3,(H,25,26). The molecule has 27 heavy (non-hydrogen) atoms. The van der Waals surface area contributed by atoms with E-state index in [1.807, 2.05) is 0 Å². The highest BCUT2D eigenvalue weighted by atomic mass is 19.4. The molecule has 2 rings (SSSR count).